The monoisotopic (exact) mass is 222 g/mol. The number of aromatic nitrogens is 1. The molecule has 0 aromatic carbocycles. The topological polar surface area (TPSA) is 24.9 Å². The van der Waals surface area contributed by atoms with E-state index in [-0.39, 0.29) is 0 Å². The quantitative estimate of drug-likeness (QED) is 0.795. The largest absolute Gasteiger partial charge is 0.376 e. The molecule has 1 aromatic heterocycles. The molecule has 1 N–H and O–H groups in total. The lowest BCUT2D eigenvalue weighted by atomic mass is 10.4. The van der Waals surface area contributed by atoms with Gasteiger partial charge in [-0.25, -0.2) is 4.98 Å². The zero-order valence-electron chi connectivity index (χ0n) is 7.51. The van der Waals surface area contributed by atoms with E-state index >= 15 is 0 Å². The summed E-state index contributed by atoms with van der Waals surface area (Å²) in [7, 11) is 3.37. The Balaban J connectivity index is 1.88. The van der Waals surface area contributed by atoms with Crippen LogP contribution in [-0.4, -0.2) is 11.5 Å². The van der Waals surface area contributed by atoms with E-state index < -0.39 is 0 Å². The van der Waals surface area contributed by atoms with Gasteiger partial charge < -0.3 is 5.32 Å². The number of hydrogen-bond donors (Lipinski definition) is 1. The van der Waals surface area contributed by atoms with Gasteiger partial charge >= 0.3 is 0 Å². The number of pyridine rings is 1. The molecular weight excluding hydrogens is 212 g/mol. The number of nitrogens with one attached hydrogen (secondary N) is 1. The van der Waals surface area contributed by atoms with Crippen molar-refractivity contribution in [2.45, 2.75) is 5.03 Å². The van der Waals surface area contributed by atoms with Crippen molar-refractivity contribution < 1.29 is 0 Å². The van der Waals surface area contributed by atoms with Gasteiger partial charge in [-0.3, -0.25) is 0 Å². The van der Waals surface area contributed by atoms with Crippen LogP contribution in [0.5, 0.6) is 0 Å². The van der Waals surface area contributed by atoms with E-state index in [9.17, 15) is 0 Å². The van der Waals surface area contributed by atoms with Crippen molar-refractivity contribution in [2.24, 2.45) is 0 Å². The Labute approximate surface area is 91.3 Å². The minimum Gasteiger partial charge on any atom is -0.376 e. The molecule has 0 unspecified atom stereocenters. The highest BCUT2D eigenvalue weighted by molar-refractivity contribution is 8.78. The van der Waals surface area contributed by atoms with Crippen molar-refractivity contribution in [2.75, 3.05) is 6.54 Å². The molecule has 0 radical (unpaired) electrons. The predicted octanol–water partition coefficient (Wildman–Crippen LogP) is 2.82. The molecule has 2 rings (SSSR count). The van der Waals surface area contributed by atoms with Crippen LogP contribution in [0.1, 0.15) is 0 Å². The highest BCUT2D eigenvalue weighted by Gasteiger charge is 2.01. The maximum Gasteiger partial charge on any atom is 0.107 e. The fourth-order valence-corrected chi connectivity index (χ4v) is 2.84. The maximum absolute atomic E-state index is 4.23. The molecule has 1 aliphatic heterocycles. The normalized spacial score (nSPS) is 14.7. The number of allylic oxidation sites excluding steroid dienone is 2. The van der Waals surface area contributed by atoms with Crippen LogP contribution < -0.4 is 5.32 Å². The summed E-state index contributed by atoms with van der Waals surface area (Å²) in [6, 6.07) is 5.94. The second kappa shape index (κ2) is 5.12. The molecule has 0 saturated heterocycles. The third kappa shape index (κ3) is 2.82. The Bertz CT molecular complexity index is 346. The molecule has 2 heterocycles. The summed E-state index contributed by atoms with van der Waals surface area (Å²) < 4.78 is 0. The van der Waals surface area contributed by atoms with Crippen molar-refractivity contribution >= 4 is 21.6 Å². The minimum absolute atomic E-state index is 0.918. The fraction of sp³-hybridized carbons (Fsp3) is 0.100. The van der Waals surface area contributed by atoms with Crippen LogP contribution in [0.15, 0.2) is 52.7 Å². The van der Waals surface area contributed by atoms with E-state index in [1.54, 1.807) is 21.6 Å². The van der Waals surface area contributed by atoms with Crippen molar-refractivity contribution in [3.05, 3.63) is 47.7 Å². The lowest BCUT2D eigenvalue weighted by Crippen LogP contribution is -2.12. The van der Waals surface area contributed by atoms with Gasteiger partial charge in [0.25, 0.3) is 0 Å². The van der Waals surface area contributed by atoms with Crippen LogP contribution in [0.4, 0.5) is 0 Å². The van der Waals surface area contributed by atoms with Crippen LogP contribution in [0.2, 0.25) is 0 Å². The first kappa shape index (κ1) is 9.68. The van der Waals surface area contributed by atoms with Crippen molar-refractivity contribution in [1.29, 1.82) is 0 Å². The van der Waals surface area contributed by atoms with Gasteiger partial charge in [-0.1, -0.05) is 18.2 Å². The van der Waals surface area contributed by atoms with E-state index in [4.69, 9.17) is 0 Å². The average molecular weight is 222 g/mol. The smallest absolute Gasteiger partial charge is 0.107 e. The van der Waals surface area contributed by atoms with Crippen molar-refractivity contribution in [3.63, 3.8) is 0 Å². The molecule has 0 amide bonds. The number of nitrogens with zero attached hydrogens (tertiary/aromatic N) is 1. The molecule has 0 bridgehead atoms. The van der Waals surface area contributed by atoms with Crippen molar-refractivity contribution in [3.8, 4) is 0 Å². The Morgan fingerprint density at radius 2 is 2.29 bits per heavy atom. The summed E-state index contributed by atoms with van der Waals surface area (Å²) in [5, 5.41) is 5.50. The van der Waals surface area contributed by atoms with Gasteiger partial charge in [0.1, 0.15) is 5.03 Å². The standard InChI is InChI=1S/C10H10N2S2/c1-3-7-11-9(5-1)13-14-10-6-2-4-8-12-10/h1-7,12H,8H2. The summed E-state index contributed by atoms with van der Waals surface area (Å²) >= 11 is 0. The second-order valence-electron chi connectivity index (χ2n) is 2.67. The third-order valence-corrected chi connectivity index (χ3v) is 3.89. The van der Waals surface area contributed by atoms with Crippen LogP contribution in [0.25, 0.3) is 0 Å². The SMILES string of the molecule is C1=CCNC(SSc2ccccn2)=C1. The molecule has 2 nitrogen and oxygen atoms in total. The molecule has 0 fully saturated rings. The van der Waals surface area contributed by atoms with Gasteiger partial charge in [0.15, 0.2) is 0 Å². The molecule has 4 heteroatoms. The molecule has 1 aromatic rings. The zero-order valence-corrected chi connectivity index (χ0v) is 9.15. The summed E-state index contributed by atoms with van der Waals surface area (Å²) in [6.45, 7) is 0.918. The van der Waals surface area contributed by atoms with Crippen LogP contribution in [0, 0.1) is 0 Å². The predicted molar refractivity (Wildman–Crippen MR) is 62.9 cm³/mol. The summed E-state index contributed by atoms with van der Waals surface area (Å²) in [5.74, 6) is 0. The van der Waals surface area contributed by atoms with E-state index in [2.05, 4.69) is 28.5 Å². The Morgan fingerprint density at radius 1 is 1.29 bits per heavy atom. The Hall–Kier alpha value is -0.870. The molecular formula is C10H10N2S2. The van der Waals surface area contributed by atoms with E-state index in [0.717, 1.165) is 11.6 Å². The molecule has 0 spiro atoms. The maximum atomic E-state index is 4.23. The van der Waals surface area contributed by atoms with Crippen LogP contribution in [-0.2, 0) is 0 Å². The average Bonchev–Trinajstić information content (AvgIpc) is 2.29. The first-order chi connectivity index (χ1) is 6.95. The van der Waals surface area contributed by atoms with Gasteiger partial charge in [0.2, 0.25) is 0 Å². The van der Waals surface area contributed by atoms with Gasteiger partial charge in [0, 0.05) is 12.7 Å². The lowest BCUT2D eigenvalue weighted by molar-refractivity contribution is 0.955. The summed E-state index contributed by atoms with van der Waals surface area (Å²) in [6.07, 6.45) is 8.04. The molecule has 0 aliphatic carbocycles. The Morgan fingerprint density at radius 3 is 3.00 bits per heavy atom. The lowest BCUT2D eigenvalue weighted by Gasteiger charge is -2.09. The van der Waals surface area contributed by atoms with E-state index in [0.29, 0.717) is 0 Å². The second-order valence-corrected chi connectivity index (χ2v) is 4.87. The van der Waals surface area contributed by atoms with Crippen LogP contribution in [0.3, 0.4) is 0 Å². The van der Waals surface area contributed by atoms with Gasteiger partial charge in [-0.05, 0) is 39.8 Å². The zero-order chi connectivity index (χ0) is 9.64. The molecule has 0 atom stereocenters. The minimum atomic E-state index is 0.918. The third-order valence-electron chi connectivity index (χ3n) is 1.63. The van der Waals surface area contributed by atoms with Gasteiger partial charge in [0.05, 0.1) is 5.03 Å². The fourth-order valence-electron chi connectivity index (χ4n) is 0.983. The number of rotatable bonds is 3. The summed E-state index contributed by atoms with van der Waals surface area (Å²) in [4.78, 5) is 4.23. The molecule has 1 aliphatic rings. The van der Waals surface area contributed by atoms with Crippen LogP contribution >= 0.6 is 21.6 Å². The van der Waals surface area contributed by atoms with E-state index in [1.807, 2.05) is 24.4 Å². The van der Waals surface area contributed by atoms with E-state index in [1.165, 1.54) is 5.03 Å². The number of dihydropyridines is 1. The molecule has 72 valence electrons. The Kier molecular flexibility index (Phi) is 3.54. The van der Waals surface area contributed by atoms with Gasteiger partial charge in [-0.2, -0.15) is 0 Å². The molecule has 0 saturated carbocycles. The molecule has 14 heavy (non-hydrogen) atoms. The first-order valence-electron chi connectivity index (χ1n) is 4.31. The number of hydrogen-bond acceptors (Lipinski definition) is 4. The van der Waals surface area contributed by atoms with Crippen molar-refractivity contribution in [1.82, 2.24) is 10.3 Å². The first-order valence-corrected chi connectivity index (χ1v) is 6.46. The highest BCUT2D eigenvalue weighted by atomic mass is 33.1. The van der Waals surface area contributed by atoms with Gasteiger partial charge in [-0.15, -0.1) is 0 Å². The highest BCUT2D eigenvalue weighted by Crippen LogP contribution is 2.34. The summed E-state index contributed by atoms with van der Waals surface area (Å²) in [5.41, 5.74) is 0.